The Balaban J connectivity index is 1.83. The summed E-state index contributed by atoms with van der Waals surface area (Å²) in [5.41, 5.74) is 0.683. The largest absolute Gasteiger partial charge is 0.379 e. The van der Waals surface area contributed by atoms with E-state index in [1.807, 2.05) is 0 Å². The lowest BCUT2D eigenvalue weighted by atomic mass is 10.2. The van der Waals surface area contributed by atoms with Crippen LogP contribution in [0.2, 0.25) is 0 Å². The van der Waals surface area contributed by atoms with Crippen LogP contribution in [-0.4, -0.2) is 53.4 Å². The smallest absolute Gasteiger partial charge is 0.271 e. The van der Waals surface area contributed by atoms with E-state index in [2.05, 4.69) is 10.0 Å². The molecular weight excluding hydrogens is 450 g/mol. The minimum atomic E-state index is -3.90. The average molecular weight is 474 g/mol. The number of thiophene rings is 1. The molecular formula is C18H23N3O6S3. The predicted molar refractivity (Wildman–Crippen MR) is 113 cm³/mol. The number of aryl methyl sites for hydroxylation is 1. The summed E-state index contributed by atoms with van der Waals surface area (Å²) in [6.07, 6.45) is 0. The topological polar surface area (TPSA) is 122 Å². The molecule has 1 aliphatic rings. The number of sulfonamides is 2. The van der Waals surface area contributed by atoms with E-state index in [9.17, 15) is 21.6 Å². The van der Waals surface area contributed by atoms with Crippen LogP contribution >= 0.6 is 11.3 Å². The molecule has 0 unspecified atom stereocenters. The number of ether oxygens (including phenoxy) is 1. The Bertz CT molecular complexity index is 1140. The van der Waals surface area contributed by atoms with Gasteiger partial charge in [0.1, 0.15) is 4.21 Å². The number of hydrogen-bond acceptors (Lipinski definition) is 7. The minimum Gasteiger partial charge on any atom is -0.379 e. The van der Waals surface area contributed by atoms with E-state index in [0.717, 1.165) is 11.3 Å². The Kier molecular flexibility index (Phi) is 6.82. The highest BCUT2D eigenvalue weighted by Crippen LogP contribution is 2.28. The molecule has 164 valence electrons. The number of morpholine rings is 1. The van der Waals surface area contributed by atoms with Crippen LogP contribution < -0.4 is 10.0 Å². The molecule has 3 rings (SSSR count). The fraction of sp³-hybridized carbons (Fsp3) is 0.389. The highest BCUT2D eigenvalue weighted by Gasteiger charge is 2.28. The van der Waals surface area contributed by atoms with Gasteiger partial charge in [-0.05, 0) is 36.8 Å². The highest BCUT2D eigenvalue weighted by molar-refractivity contribution is 7.94. The predicted octanol–water partition coefficient (Wildman–Crippen LogP) is 1.51. The van der Waals surface area contributed by atoms with Crippen molar-refractivity contribution in [2.75, 3.05) is 31.0 Å². The molecule has 1 amide bonds. The lowest BCUT2D eigenvalue weighted by Gasteiger charge is -2.26. The number of amides is 1. The molecule has 2 N–H and O–H groups in total. The molecule has 30 heavy (non-hydrogen) atoms. The molecule has 2 heterocycles. The second-order valence-electron chi connectivity index (χ2n) is 6.73. The maximum Gasteiger partial charge on any atom is 0.271 e. The zero-order valence-corrected chi connectivity index (χ0v) is 19.0. The second kappa shape index (κ2) is 9.02. The lowest BCUT2D eigenvalue weighted by Crippen LogP contribution is -2.40. The number of nitrogens with zero attached hydrogens (tertiary/aromatic N) is 1. The van der Waals surface area contributed by atoms with Crippen LogP contribution in [0.15, 0.2) is 39.4 Å². The summed E-state index contributed by atoms with van der Waals surface area (Å²) in [6.45, 7) is 4.44. The van der Waals surface area contributed by atoms with E-state index in [0.29, 0.717) is 23.7 Å². The van der Waals surface area contributed by atoms with Gasteiger partial charge in [0.2, 0.25) is 15.9 Å². The van der Waals surface area contributed by atoms with Gasteiger partial charge in [-0.2, -0.15) is 4.31 Å². The Morgan fingerprint density at radius 3 is 2.50 bits per heavy atom. The van der Waals surface area contributed by atoms with E-state index < -0.39 is 20.0 Å². The normalized spacial score (nSPS) is 15.7. The molecule has 1 aliphatic heterocycles. The molecule has 0 atom stereocenters. The van der Waals surface area contributed by atoms with Crippen molar-refractivity contribution in [2.45, 2.75) is 29.5 Å². The molecule has 1 aromatic carbocycles. The highest BCUT2D eigenvalue weighted by atomic mass is 32.2. The number of carbonyl (C=O) groups excluding carboxylic acids is 1. The number of anilines is 1. The second-order valence-corrected chi connectivity index (χ2v) is 11.7. The summed E-state index contributed by atoms with van der Waals surface area (Å²) in [5, 5.41) is 2.61. The van der Waals surface area contributed by atoms with Crippen molar-refractivity contribution >= 4 is 43.0 Å². The quantitative estimate of drug-likeness (QED) is 0.629. The third-order valence-corrected chi connectivity index (χ3v) is 9.44. The van der Waals surface area contributed by atoms with Crippen molar-refractivity contribution in [3.05, 3.63) is 40.8 Å². The summed E-state index contributed by atoms with van der Waals surface area (Å²) in [4.78, 5) is 11.8. The first-order chi connectivity index (χ1) is 14.1. The maximum absolute atomic E-state index is 13.0. The maximum atomic E-state index is 13.0. The molecule has 1 fully saturated rings. The van der Waals surface area contributed by atoms with Crippen LogP contribution in [0.5, 0.6) is 0 Å². The molecule has 0 spiro atoms. The minimum absolute atomic E-state index is 0.0575. The first kappa shape index (κ1) is 22.7. The van der Waals surface area contributed by atoms with Gasteiger partial charge < -0.3 is 10.1 Å². The first-order valence-corrected chi connectivity index (χ1v) is 12.9. The molecule has 2 aromatic rings. The van der Waals surface area contributed by atoms with Gasteiger partial charge in [-0.25, -0.2) is 16.8 Å². The Morgan fingerprint density at radius 2 is 1.83 bits per heavy atom. The van der Waals surface area contributed by atoms with Gasteiger partial charge in [0.15, 0.2) is 0 Å². The number of benzene rings is 1. The summed E-state index contributed by atoms with van der Waals surface area (Å²) in [6, 6.07) is 7.50. The molecule has 0 saturated carbocycles. The van der Waals surface area contributed by atoms with Crippen LogP contribution in [-0.2, 0) is 36.1 Å². The number of hydrogen-bond donors (Lipinski definition) is 2. The summed E-state index contributed by atoms with van der Waals surface area (Å²) in [7, 11) is -7.67. The van der Waals surface area contributed by atoms with E-state index in [-0.39, 0.29) is 40.3 Å². The Hall–Kier alpha value is -1.99. The molecule has 1 saturated heterocycles. The van der Waals surface area contributed by atoms with Crippen molar-refractivity contribution in [1.82, 2.24) is 9.62 Å². The lowest BCUT2D eigenvalue weighted by molar-refractivity contribution is -0.119. The molecule has 1 aromatic heterocycles. The fourth-order valence-electron chi connectivity index (χ4n) is 2.88. The molecule has 0 bridgehead atoms. The molecule has 0 radical (unpaired) electrons. The third kappa shape index (κ3) is 5.19. The summed E-state index contributed by atoms with van der Waals surface area (Å²) >= 11 is 1.03. The van der Waals surface area contributed by atoms with Crippen LogP contribution in [0.25, 0.3) is 0 Å². The monoisotopic (exact) mass is 473 g/mol. The van der Waals surface area contributed by atoms with E-state index in [1.165, 1.54) is 29.4 Å². The Morgan fingerprint density at radius 1 is 1.13 bits per heavy atom. The van der Waals surface area contributed by atoms with E-state index >= 15 is 0 Å². The van der Waals surface area contributed by atoms with Crippen LogP contribution in [0, 0.1) is 6.92 Å². The van der Waals surface area contributed by atoms with Gasteiger partial charge in [-0.3, -0.25) is 9.52 Å². The van der Waals surface area contributed by atoms with Crippen molar-refractivity contribution in [1.29, 1.82) is 0 Å². The van der Waals surface area contributed by atoms with Gasteiger partial charge in [-0.15, -0.1) is 11.3 Å². The van der Waals surface area contributed by atoms with Gasteiger partial charge in [-0.1, -0.05) is 6.07 Å². The average Bonchev–Trinajstić information content (AvgIpc) is 3.18. The van der Waals surface area contributed by atoms with Crippen LogP contribution in [0.3, 0.4) is 0 Å². The summed E-state index contributed by atoms with van der Waals surface area (Å²) in [5.74, 6) is -0.209. The summed E-state index contributed by atoms with van der Waals surface area (Å²) < 4.78 is 60.5. The standard InChI is InChI=1S/C18H23N3O6S3/c1-13-3-4-15(11-17(13)30(25,26)21-7-9-27-10-8-21)20-29(23,24)18-6-5-16(28-18)12-19-14(2)22/h3-6,11,20H,7-10,12H2,1-2H3,(H,19,22). The van der Waals surface area contributed by atoms with Crippen molar-refractivity contribution in [3.63, 3.8) is 0 Å². The third-order valence-electron chi connectivity index (χ3n) is 4.44. The SMILES string of the molecule is CC(=O)NCc1ccc(S(=O)(=O)Nc2ccc(C)c(S(=O)(=O)N3CCOCC3)c2)s1. The van der Waals surface area contributed by atoms with Crippen molar-refractivity contribution in [3.8, 4) is 0 Å². The zero-order valence-electron chi connectivity index (χ0n) is 16.5. The first-order valence-electron chi connectivity index (χ1n) is 9.14. The molecule has 12 heteroatoms. The zero-order chi connectivity index (χ0) is 21.9. The Labute approximate surface area is 180 Å². The van der Waals surface area contributed by atoms with E-state index in [4.69, 9.17) is 4.74 Å². The van der Waals surface area contributed by atoms with E-state index in [1.54, 1.807) is 19.1 Å². The van der Waals surface area contributed by atoms with Gasteiger partial charge in [0, 0.05) is 24.9 Å². The van der Waals surface area contributed by atoms with Gasteiger partial charge in [0.05, 0.1) is 30.3 Å². The van der Waals surface area contributed by atoms with Crippen molar-refractivity contribution < 1.29 is 26.4 Å². The number of nitrogens with one attached hydrogen (secondary N) is 2. The number of carbonyl (C=O) groups is 1. The molecule has 9 nitrogen and oxygen atoms in total. The van der Waals surface area contributed by atoms with Crippen LogP contribution in [0.1, 0.15) is 17.4 Å². The molecule has 0 aliphatic carbocycles. The van der Waals surface area contributed by atoms with Crippen LogP contribution in [0.4, 0.5) is 5.69 Å². The van der Waals surface area contributed by atoms with Gasteiger partial charge >= 0.3 is 0 Å². The van der Waals surface area contributed by atoms with Gasteiger partial charge in [0.25, 0.3) is 10.0 Å². The van der Waals surface area contributed by atoms with Crippen molar-refractivity contribution in [2.24, 2.45) is 0 Å². The number of rotatable bonds is 7. The fourth-order valence-corrected chi connectivity index (χ4v) is 6.89.